The van der Waals surface area contributed by atoms with Crippen LogP contribution < -0.4 is 0 Å². The second kappa shape index (κ2) is 5.18. The maximum absolute atomic E-state index is 10.7. The van der Waals surface area contributed by atoms with Crippen molar-refractivity contribution < 1.29 is 4.79 Å². The summed E-state index contributed by atoms with van der Waals surface area (Å²) in [6.45, 7) is 6.58. The monoisotopic (exact) mass is 272 g/mol. The minimum absolute atomic E-state index is 0.150. The zero-order chi connectivity index (χ0) is 14.0. The van der Waals surface area contributed by atoms with E-state index in [-0.39, 0.29) is 5.41 Å². The summed E-state index contributed by atoms with van der Waals surface area (Å²) in [6, 6.07) is 14.0. The predicted octanol–water partition coefficient (Wildman–Crippen LogP) is 5.12. The molecule has 2 aromatic carbocycles. The maximum Gasteiger partial charge on any atom is 0.151 e. The Bertz CT molecular complexity index is 592. The lowest BCUT2D eigenvalue weighted by atomic mass is 9.86. The molecule has 1 nitrogen and oxygen atoms in total. The van der Waals surface area contributed by atoms with E-state index < -0.39 is 0 Å². The van der Waals surface area contributed by atoms with Crippen LogP contribution in [0.15, 0.2) is 42.5 Å². The van der Waals surface area contributed by atoms with E-state index in [1.54, 1.807) is 6.07 Å². The summed E-state index contributed by atoms with van der Waals surface area (Å²) in [5.74, 6) is 0. The van der Waals surface area contributed by atoms with Crippen molar-refractivity contribution in [3.05, 3.63) is 58.6 Å². The summed E-state index contributed by atoms with van der Waals surface area (Å²) in [7, 11) is 0. The summed E-state index contributed by atoms with van der Waals surface area (Å²) in [6.07, 6.45) is 0.773. The van der Waals surface area contributed by atoms with Gasteiger partial charge in [-0.1, -0.05) is 62.7 Å². The van der Waals surface area contributed by atoms with Crippen molar-refractivity contribution in [3.8, 4) is 11.1 Å². The molecule has 0 aliphatic heterocycles. The van der Waals surface area contributed by atoms with Crippen molar-refractivity contribution in [2.75, 3.05) is 0 Å². The van der Waals surface area contributed by atoms with Crippen LogP contribution in [0.25, 0.3) is 11.1 Å². The number of rotatable bonds is 2. The van der Waals surface area contributed by atoms with E-state index in [9.17, 15) is 4.79 Å². The van der Waals surface area contributed by atoms with Crippen molar-refractivity contribution in [2.45, 2.75) is 26.2 Å². The highest BCUT2D eigenvalue weighted by atomic mass is 35.5. The van der Waals surface area contributed by atoms with Gasteiger partial charge in [0.25, 0.3) is 0 Å². The summed E-state index contributed by atoms with van der Waals surface area (Å²) in [5.41, 5.74) is 4.10. The van der Waals surface area contributed by atoms with E-state index in [0.717, 1.165) is 17.4 Å². The van der Waals surface area contributed by atoms with Crippen molar-refractivity contribution in [1.29, 1.82) is 0 Å². The van der Waals surface area contributed by atoms with Crippen LogP contribution in [0.1, 0.15) is 36.7 Å². The Morgan fingerprint density at radius 1 is 0.947 bits per heavy atom. The molecule has 0 saturated heterocycles. The van der Waals surface area contributed by atoms with E-state index in [0.29, 0.717) is 10.6 Å². The third kappa shape index (κ3) is 3.05. The lowest BCUT2D eigenvalue weighted by molar-refractivity contribution is 0.112. The van der Waals surface area contributed by atoms with Crippen molar-refractivity contribution in [3.63, 3.8) is 0 Å². The summed E-state index contributed by atoms with van der Waals surface area (Å²) in [5, 5.41) is 0.493. The van der Waals surface area contributed by atoms with E-state index >= 15 is 0 Å². The van der Waals surface area contributed by atoms with Crippen LogP contribution in [0.2, 0.25) is 5.02 Å². The Morgan fingerprint density at radius 2 is 1.53 bits per heavy atom. The smallest absolute Gasteiger partial charge is 0.151 e. The molecule has 0 aliphatic rings. The number of aldehydes is 1. The van der Waals surface area contributed by atoms with Crippen LogP contribution in [0, 0.1) is 0 Å². The third-order valence-corrected chi connectivity index (χ3v) is 3.54. The van der Waals surface area contributed by atoms with Gasteiger partial charge in [0.15, 0.2) is 6.29 Å². The lowest BCUT2D eigenvalue weighted by Gasteiger charge is -2.19. The van der Waals surface area contributed by atoms with E-state index in [4.69, 9.17) is 11.6 Å². The second-order valence-electron chi connectivity index (χ2n) is 5.68. The number of carbonyl (C=O) groups is 1. The van der Waals surface area contributed by atoms with Gasteiger partial charge in [-0.25, -0.2) is 0 Å². The van der Waals surface area contributed by atoms with Gasteiger partial charge in [-0.15, -0.1) is 0 Å². The quantitative estimate of drug-likeness (QED) is 0.694. The first-order chi connectivity index (χ1) is 8.91. The predicted molar refractivity (Wildman–Crippen MR) is 81.0 cm³/mol. The number of halogens is 1. The highest BCUT2D eigenvalue weighted by Crippen LogP contribution is 2.28. The summed E-state index contributed by atoms with van der Waals surface area (Å²) in [4.78, 5) is 10.7. The number of hydrogen-bond acceptors (Lipinski definition) is 1. The highest BCUT2D eigenvalue weighted by Gasteiger charge is 2.13. The van der Waals surface area contributed by atoms with Gasteiger partial charge in [0.1, 0.15) is 0 Å². The zero-order valence-electron chi connectivity index (χ0n) is 11.4. The van der Waals surface area contributed by atoms with Crippen LogP contribution in [0.3, 0.4) is 0 Å². The molecule has 0 aromatic heterocycles. The second-order valence-corrected chi connectivity index (χ2v) is 6.09. The molecule has 0 amide bonds. The van der Waals surface area contributed by atoms with Gasteiger partial charge in [0, 0.05) is 5.56 Å². The summed E-state index contributed by atoms with van der Waals surface area (Å²) >= 11 is 6.05. The largest absolute Gasteiger partial charge is 0.298 e. The van der Waals surface area contributed by atoms with Gasteiger partial charge in [-0.3, -0.25) is 4.79 Å². The molecule has 0 bridgehead atoms. The first kappa shape index (κ1) is 13.8. The normalized spacial score (nSPS) is 11.4. The number of hydrogen-bond donors (Lipinski definition) is 0. The van der Waals surface area contributed by atoms with Gasteiger partial charge in [0.05, 0.1) is 5.02 Å². The van der Waals surface area contributed by atoms with E-state index in [1.807, 2.05) is 12.1 Å². The third-order valence-electron chi connectivity index (χ3n) is 3.21. The molecule has 98 valence electrons. The minimum Gasteiger partial charge on any atom is -0.298 e. The Balaban J connectivity index is 2.37. The van der Waals surface area contributed by atoms with E-state index in [2.05, 4.69) is 45.0 Å². The molecule has 0 atom stereocenters. The number of benzene rings is 2. The average molecular weight is 273 g/mol. The molecule has 19 heavy (non-hydrogen) atoms. The highest BCUT2D eigenvalue weighted by molar-refractivity contribution is 6.33. The summed E-state index contributed by atoms with van der Waals surface area (Å²) < 4.78 is 0. The molecule has 0 spiro atoms. The fraction of sp³-hybridized carbons (Fsp3) is 0.235. The van der Waals surface area contributed by atoms with Crippen LogP contribution in [0.4, 0.5) is 0 Å². The van der Waals surface area contributed by atoms with Crippen molar-refractivity contribution in [1.82, 2.24) is 0 Å². The van der Waals surface area contributed by atoms with Gasteiger partial charge in [0.2, 0.25) is 0 Å². The van der Waals surface area contributed by atoms with Gasteiger partial charge in [-0.05, 0) is 34.2 Å². The van der Waals surface area contributed by atoms with Crippen molar-refractivity contribution in [2.24, 2.45) is 0 Å². The topological polar surface area (TPSA) is 17.1 Å². The molecule has 0 radical (unpaired) electrons. The van der Waals surface area contributed by atoms with Crippen LogP contribution in [0.5, 0.6) is 0 Å². The zero-order valence-corrected chi connectivity index (χ0v) is 12.2. The molecule has 0 N–H and O–H groups in total. The van der Waals surface area contributed by atoms with Gasteiger partial charge in [-0.2, -0.15) is 0 Å². The molecule has 0 heterocycles. The van der Waals surface area contributed by atoms with Gasteiger partial charge >= 0.3 is 0 Å². The minimum atomic E-state index is 0.150. The fourth-order valence-corrected chi connectivity index (χ4v) is 2.19. The fourth-order valence-electron chi connectivity index (χ4n) is 1.96. The SMILES string of the molecule is CC(C)(C)c1ccc(-c2ccc(C=O)c(Cl)c2)cc1. The first-order valence-electron chi connectivity index (χ1n) is 6.27. The molecule has 0 saturated carbocycles. The molecule has 2 rings (SSSR count). The molecule has 2 aromatic rings. The average Bonchev–Trinajstić information content (AvgIpc) is 2.38. The molecule has 0 aliphatic carbocycles. The molecule has 0 fully saturated rings. The molecular formula is C17H17ClO. The van der Waals surface area contributed by atoms with E-state index in [1.165, 1.54) is 5.56 Å². The molecule has 0 unspecified atom stereocenters. The molecule has 2 heteroatoms. The number of carbonyl (C=O) groups excluding carboxylic acids is 1. The van der Waals surface area contributed by atoms with Crippen LogP contribution >= 0.6 is 11.6 Å². The maximum atomic E-state index is 10.7. The van der Waals surface area contributed by atoms with Crippen molar-refractivity contribution >= 4 is 17.9 Å². The standard InChI is InChI=1S/C17H17ClO/c1-17(2,3)15-8-6-12(7-9-15)13-4-5-14(11-19)16(18)10-13/h4-11H,1-3H3. The Morgan fingerprint density at radius 3 is 2.00 bits per heavy atom. The van der Waals surface area contributed by atoms with Gasteiger partial charge < -0.3 is 0 Å². The van der Waals surface area contributed by atoms with Crippen LogP contribution in [-0.4, -0.2) is 6.29 Å². The Kier molecular flexibility index (Phi) is 3.77. The van der Waals surface area contributed by atoms with Crippen LogP contribution in [-0.2, 0) is 5.41 Å². The first-order valence-corrected chi connectivity index (χ1v) is 6.65. The Hall–Kier alpha value is -1.60. The lowest BCUT2D eigenvalue weighted by Crippen LogP contribution is -2.10. The molecular weight excluding hydrogens is 256 g/mol. The Labute approximate surface area is 119 Å².